The maximum atomic E-state index is 12.7. The quantitative estimate of drug-likeness (QED) is 0.516. The molecule has 1 unspecified atom stereocenters. The molecule has 0 amide bonds. The minimum absolute atomic E-state index is 0.0187. The van der Waals surface area contributed by atoms with E-state index in [1.807, 2.05) is 6.07 Å². The van der Waals surface area contributed by atoms with Crippen LogP contribution < -0.4 is 0 Å². The van der Waals surface area contributed by atoms with E-state index in [0.29, 0.717) is 37.2 Å². The number of carbonyl (C=O) groups excluding carboxylic acids is 1. The number of aliphatic hydroxyl groups excluding tert-OH is 2. The molecule has 4 N–H and O–H groups in total. The number of hydrogen-bond acceptors (Lipinski definition) is 7. The third kappa shape index (κ3) is 2.90. The summed E-state index contributed by atoms with van der Waals surface area (Å²) in [6, 6.07) is 3.42. The molecule has 1 heterocycles. The van der Waals surface area contributed by atoms with Crippen molar-refractivity contribution in [3.63, 3.8) is 0 Å². The lowest BCUT2D eigenvalue weighted by molar-refractivity contribution is -0.211. The van der Waals surface area contributed by atoms with Crippen LogP contribution in [-0.4, -0.2) is 75.2 Å². The molecule has 4 atom stereocenters. The zero-order valence-corrected chi connectivity index (χ0v) is 17.2. The van der Waals surface area contributed by atoms with Gasteiger partial charge in [0.15, 0.2) is 11.5 Å². The molecule has 1 saturated heterocycles. The van der Waals surface area contributed by atoms with Gasteiger partial charge in [-0.3, -0.25) is 9.69 Å². The van der Waals surface area contributed by atoms with Crippen molar-refractivity contribution < 1.29 is 30.0 Å². The number of aliphatic hydroxyl groups is 2. The Balaban J connectivity index is 1.66. The van der Waals surface area contributed by atoms with Crippen LogP contribution in [-0.2, 0) is 21.4 Å². The number of hydrogen-bond donors (Lipinski definition) is 4. The van der Waals surface area contributed by atoms with Gasteiger partial charge in [-0.25, -0.2) is 0 Å². The van der Waals surface area contributed by atoms with Crippen molar-refractivity contribution in [2.75, 3.05) is 26.3 Å². The second-order valence-corrected chi connectivity index (χ2v) is 9.71. The smallest absolute Gasteiger partial charge is 0.161 e. The molecule has 2 saturated carbocycles. The van der Waals surface area contributed by atoms with Crippen molar-refractivity contribution in [2.24, 2.45) is 5.92 Å². The van der Waals surface area contributed by atoms with Gasteiger partial charge < -0.3 is 25.2 Å². The molecule has 3 aliphatic carbocycles. The number of likely N-dealkylation sites (tertiary alicyclic amines) is 1. The Hall–Kier alpha value is -1.67. The monoisotopic (exact) mass is 417 g/mol. The van der Waals surface area contributed by atoms with Crippen molar-refractivity contribution in [3.05, 3.63) is 23.3 Å². The summed E-state index contributed by atoms with van der Waals surface area (Å²) in [7, 11) is 0. The number of phenolic OH excluding ortho intramolecular Hbond substituents is 2. The van der Waals surface area contributed by atoms with Gasteiger partial charge >= 0.3 is 0 Å². The van der Waals surface area contributed by atoms with Crippen LogP contribution in [0.4, 0.5) is 0 Å². The predicted molar refractivity (Wildman–Crippen MR) is 108 cm³/mol. The summed E-state index contributed by atoms with van der Waals surface area (Å²) in [5.41, 5.74) is 0.130. The lowest BCUT2D eigenvalue weighted by Crippen LogP contribution is -2.74. The molecule has 1 aliphatic heterocycles. The number of benzene rings is 1. The number of carbonyl (C=O) groups is 1. The number of ketones is 1. The van der Waals surface area contributed by atoms with Crippen molar-refractivity contribution in [1.29, 1.82) is 0 Å². The zero-order valence-electron chi connectivity index (χ0n) is 17.2. The van der Waals surface area contributed by atoms with Gasteiger partial charge in [0.25, 0.3) is 0 Å². The minimum atomic E-state index is -0.995. The number of nitrogens with zero attached hydrogens (tertiary/aromatic N) is 1. The average molecular weight is 418 g/mol. The van der Waals surface area contributed by atoms with Crippen LogP contribution in [0, 0.1) is 5.92 Å². The van der Waals surface area contributed by atoms with Crippen LogP contribution >= 0.6 is 0 Å². The molecule has 5 rings (SSSR count). The summed E-state index contributed by atoms with van der Waals surface area (Å²) < 4.78 is 6.52. The van der Waals surface area contributed by atoms with Crippen LogP contribution in [0.15, 0.2) is 12.1 Å². The van der Waals surface area contributed by atoms with E-state index in [1.165, 1.54) is 18.9 Å². The molecule has 1 aromatic carbocycles. The summed E-state index contributed by atoms with van der Waals surface area (Å²) in [5, 5.41) is 40.6. The first-order chi connectivity index (χ1) is 14.4. The lowest BCUT2D eigenvalue weighted by atomic mass is 9.49. The van der Waals surface area contributed by atoms with E-state index in [9.17, 15) is 25.2 Å². The van der Waals surface area contributed by atoms with E-state index in [0.717, 1.165) is 18.7 Å². The second kappa shape index (κ2) is 7.19. The van der Waals surface area contributed by atoms with Crippen molar-refractivity contribution in [1.82, 2.24) is 4.90 Å². The van der Waals surface area contributed by atoms with E-state index >= 15 is 0 Å². The molecule has 30 heavy (non-hydrogen) atoms. The molecule has 0 spiro atoms. The van der Waals surface area contributed by atoms with Crippen molar-refractivity contribution in [2.45, 2.75) is 68.1 Å². The van der Waals surface area contributed by atoms with E-state index in [4.69, 9.17) is 4.74 Å². The molecule has 0 aromatic heterocycles. The Kier molecular flexibility index (Phi) is 4.85. The van der Waals surface area contributed by atoms with Gasteiger partial charge in [-0.2, -0.15) is 0 Å². The number of rotatable bonds is 6. The Labute approximate surface area is 176 Å². The highest BCUT2D eigenvalue weighted by Crippen LogP contribution is 2.62. The topological polar surface area (TPSA) is 110 Å². The SMILES string of the molecule is O=C1CC[C@@]2(OCC(O)CO)[C@H]3Cc4ccc(O)c(O)c4[C@@]2(CCN3CC2CC2)C1. The van der Waals surface area contributed by atoms with Crippen LogP contribution in [0.3, 0.4) is 0 Å². The molecule has 3 fully saturated rings. The van der Waals surface area contributed by atoms with Gasteiger partial charge in [0, 0.05) is 36.4 Å². The Morgan fingerprint density at radius 2 is 2.03 bits per heavy atom. The van der Waals surface area contributed by atoms with Gasteiger partial charge in [0.05, 0.1) is 18.8 Å². The van der Waals surface area contributed by atoms with Crippen LogP contribution in [0.25, 0.3) is 0 Å². The fourth-order valence-corrected chi connectivity index (χ4v) is 6.42. The number of piperidine rings is 1. The molecule has 1 aromatic rings. The van der Waals surface area contributed by atoms with Gasteiger partial charge in [0.1, 0.15) is 11.9 Å². The first kappa shape index (κ1) is 20.2. The Morgan fingerprint density at radius 1 is 1.23 bits per heavy atom. The van der Waals surface area contributed by atoms with Gasteiger partial charge in [0.2, 0.25) is 0 Å². The highest BCUT2D eigenvalue weighted by molar-refractivity contribution is 5.83. The predicted octanol–water partition coefficient (Wildman–Crippen LogP) is 1.24. The van der Waals surface area contributed by atoms with E-state index in [1.54, 1.807) is 0 Å². The highest BCUT2D eigenvalue weighted by atomic mass is 16.5. The largest absolute Gasteiger partial charge is 0.504 e. The number of aromatic hydroxyl groups is 2. The van der Waals surface area contributed by atoms with E-state index in [-0.39, 0.29) is 43.0 Å². The van der Waals surface area contributed by atoms with Crippen LogP contribution in [0.2, 0.25) is 0 Å². The molecule has 7 nitrogen and oxygen atoms in total. The Morgan fingerprint density at radius 3 is 2.77 bits per heavy atom. The molecular weight excluding hydrogens is 386 g/mol. The van der Waals surface area contributed by atoms with Crippen molar-refractivity contribution >= 4 is 5.78 Å². The van der Waals surface area contributed by atoms with Crippen LogP contribution in [0.5, 0.6) is 11.5 Å². The first-order valence-electron chi connectivity index (χ1n) is 11.1. The normalized spacial score (nSPS) is 34.3. The third-order valence-electron chi connectivity index (χ3n) is 7.96. The second-order valence-electron chi connectivity index (χ2n) is 9.71. The molecule has 4 aliphatic rings. The zero-order chi connectivity index (χ0) is 21.1. The first-order valence-corrected chi connectivity index (χ1v) is 11.1. The fraction of sp³-hybridized carbons (Fsp3) is 0.696. The van der Waals surface area contributed by atoms with Crippen LogP contribution in [0.1, 0.15) is 49.7 Å². The number of Topliss-reactive ketones (excluding diaryl/α,β-unsaturated/α-hetero) is 1. The lowest BCUT2D eigenvalue weighted by Gasteiger charge is -2.65. The minimum Gasteiger partial charge on any atom is -0.504 e. The molecule has 2 bridgehead atoms. The summed E-state index contributed by atoms with van der Waals surface area (Å²) >= 11 is 0. The standard InChI is InChI=1S/C23H31NO6/c25-12-17(27)13-30-23-6-5-16(26)10-22(23)7-8-24(11-14-1-2-14)19(23)9-15-3-4-18(28)21(29)20(15)22/h3-4,14,17,19,25,27-29H,1-2,5-13H2/t17?,19-,22-,23-/m1/s1. The third-order valence-corrected chi connectivity index (χ3v) is 7.96. The summed E-state index contributed by atoms with van der Waals surface area (Å²) in [6.45, 7) is 1.41. The summed E-state index contributed by atoms with van der Waals surface area (Å²) in [5.74, 6) is 0.524. The molecular formula is C23H31NO6. The number of fused-ring (bicyclic) bond motifs is 1. The Bertz CT molecular complexity index is 854. The van der Waals surface area contributed by atoms with Crippen molar-refractivity contribution in [3.8, 4) is 11.5 Å². The van der Waals surface area contributed by atoms with Gasteiger partial charge in [-0.15, -0.1) is 0 Å². The molecule has 7 heteroatoms. The summed E-state index contributed by atoms with van der Waals surface area (Å²) in [4.78, 5) is 15.2. The maximum Gasteiger partial charge on any atom is 0.161 e. The molecule has 0 radical (unpaired) electrons. The molecule has 164 valence electrons. The number of ether oxygens (including phenoxy) is 1. The highest BCUT2D eigenvalue weighted by Gasteiger charge is 2.67. The maximum absolute atomic E-state index is 12.7. The van der Waals surface area contributed by atoms with E-state index < -0.39 is 17.1 Å². The van der Waals surface area contributed by atoms with Gasteiger partial charge in [-0.05, 0) is 56.2 Å². The van der Waals surface area contributed by atoms with Gasteiger partial charge in [-0.1, -0.05) is 6.07 Å². The fourth-order valence-electron chi connectivity index (χ4n) is 6.42. The number of phenols is 2. The average Bonchev–Trinajstić information content (AvgIpc) is 3.55. The summed E-state index contributed by atoms with van der Waals surface area (Å²) in [6.07, 6.45) is 4.00. The van der Waals surface area contributed by atoms with E-state index in [2.05, 4.69) is 4.90 Å².